The Balaban J connectivity index is 1.97. The van der Waals surface area contributed by atoms with Gasteiger partial charge >= 0.3 is 0 Å². The minimum Gasteiger partial charge on any atom is -0.496 e. The van der Waals surface area contributed by atoms with Crippen LogP contribution in [0.3, 0.4) is 0 Å². The number of nitrogens with zero attached hydrogens (tertiary/aromatic N) is 2. The zero-order valence-electron chi connectivity index (χ0n) is 9.86. The topological polar surface area (TPSA) is 48.2 Å². The molecule has 0 spiro atoms. The molecule has 0 saturated heterocycles. The van der Waals surface area contributed by atoms with E-state index in [2.05, 4.69) is 10.1 Å². The summed E-state index contributed by atoms with van der Waals surface area (Å²) in [7, 11) is 1.49. The van der Waals surface area contributed by atoms with Crippen LogP contribution in [0.4, 0.5) is 8.78 Å². The molecule has 1 atom stereocenters. The summed E-state index contributed by atoms with van der Waals surface area (Å²) in [5, 5.41) is 4.18. The van der Waals surface area contributed by atoms with Crippen molar-refractivity contribution in [3.05, 3.63) is 29.1 Å². The van der Waals surface area contributed by atoms with Crippen molar-refractivity contribution < 1.29 is 18.0 Å². The number of hydrogen-bond acceptors (Lipinski definition) is 4. The molecule has 1 heterocycles. The fraction of sp³-hybridized carbons (Fsp3) is 0.333. The van der Waals surface area contributed by atoms with E-state index in [1.807, 2.05) is 0 Å². The van der Waals surface area contributed by atoms with E-state index in [-0.39, 0.29) is 18.1 Å². The highest BCUT2D eigenvalue weighted by Gasteiger charge is 2.61. The average molecular weight is 287 g/mol. The van der Waals surface area contributed by atoms with Crippen LogP contribution in [0.2, 0.25) is 5.02 Å². The Morgan fingerprint density at radius 3 is 2.84 bits per heavy atom. The van der Waals surface area contributed by atoms with Gasteiger partial charge in [-0.15, -0.1) is 0 Å². The first-order valence-electron chi connectivity index (χ1n) is 5.56. The third kappa shape index (κ3) is 2.16. The number of alkyl halides is 2. The number of hydrogen-bond donors (Lipinski definition) is 0. The van der Waals surface area contributed by atoms with Crippen LogP contribution in [0.25, 0.3) is 11.4 Å². The molecule has 1 aliphatic carbocycles. The normalized spacial score (nSPS) is 20.3. The largest absolute Gasteiger partial charge is 0.496 e. The number of rotatable bonds is 3. The molecule has 3 rings (SSSR count). The lowest BCUT2D eigenvalue weighted by Crippen LogP contribution is -1.93. The lowest BCUT2D eigenvalue weighted by molar-refractivity contribution is 0.106. The van der Waals surface area contributed by atoms with Crippen molar-refractivity contribution in [1.29, 1.82) is 0 Å². The van der Waals surface area contributed by atoms with E-state index in [4.69, 9.17) is 20.9 Å². The predicted octanol–water partition coefficient (Wildman–Crippen LogP) is 3.52. The Morgan fingerprint density at radius 2 is 2.21 bits per heavy atom. The van der Waals surface area contributed by atoms with Crippen LogP contribution in [0.15, 0.2) is 22.7 Å². The number of halogens is 3. The summed E-state index contributed by atoms with van der Waals surface area (Å²) in [5.41, 5.74) is 0.508. The Morgan fingerprint density at radius 1 is 1.47 bits per heavy atom. The van der Waals surface area contributed by atoms with Crippen molar-refractivity contribution >= 4 is 11.6 Å². The van der Waals surface area contributed by atoms with Gasteiger partial charge in [0.1, 0.15) is 11.7 Å². The summed E-state index contributed by atoms with van der Waals surface area (Å²) in [4.78, 5) is 3.99. The van der Waals surface area contributed by atoms with Gasteiger partial charge in [0.2, 0.25) is 11.7 Å². The molecule has 4 nitrogen and oxygen atoms in total. The molecule has 0 aliphatic heterocycles. The van der Waals surface area contributed by atoms with Crippen LogP contribution in [-0.2, 0) is 0 Å². The number of ether oxygens (including phenoxy) is 1. The lowest BCUT2D eigenvalue weighted by atomic mass is 10.2. The fourth-order valence-corrected chi connectivity index (χ4v) is 1.99. The van der Waals surface area contributed by atoms with Crippen LogP contribution in [0.1, 0.15) is 18.2 Å². The lowest BCUT2D eigenvalue weighted by Gasteiger charge is -2.04. The quantitative estimate of drug-likeness (QED) is 0.866. The van der Waals surface area contributed by atoms with Crippen LogP contribution >= 0.6 is 11.6 Å². The van der Waals surface area contributed by atoms with E-state index < -0.39 is 11.8 Å². The minimum atomic E-state index is -2.73. The van der Waals surface area contributed by atoms with E-state index in [0.717, 1.165) is 0 Å². The molecule has 0 N–H and O–H groups in total. The van der Waals surface area contributed by atoms with Crippen molar-refractivity contribution in [3.8, 4) is 17.1 Å². The highest BCUT2D eigenvalue weighted by molar-refractivity contribution is 6.30. The van der Waals surface area contributed by atoms with Crippen molar-refractivity contribution in [2.45, 2.75) is 18.3 Å². The van der Waals surface area contributed by atoms with Crippen molar-refractivity contribution in [1.82, 2.24) is 10.1 Å². The Hall–Kier alpha value is -1.69. The Labute approximate surface area is 112 Å². The summed E-state index contributed by atoms with van der Waals surface area (Å²) in [6.07, 6.45) is -0.249. The monoisotopic (exact) mass is 286 g/mol. The third-order valence-corrected chi connectivity index (χ3v) is 3.20. The second kappa shape index (κ2) is 4.16. The Bertz CT molecular complexity index is 630. The molecule has 0 radical (unpaired) electrons. The molecule has 7 heteroatoms. The van der Waals surface area contributed by atoms with E-state index in [0.29, 0.717) is 16.3 Å². The van der Waals surface area contributed by atoms with E-state index >= 15 is 0 Å². The second-order valence-electron chi connectivity index (χ2n) is 4.32. The van der Waals surface area contributed by atoms with Gasteiger partial charge in [-0.2, -0.15) is 4.98 Å². The van der Waals surface area contributed by atoms with Gasteiger partial charge in [-0.3, -0.25) is 0 Å². The van der Waals surface area contributed by atoms with Crippen LogP contribution in [0, 0.1) is 0 Å². The first-order chi connectivity index (χ1) is 9.01. The van der Waals surface area contributed by atoms with Gasteiger partial charge < -0.3 is 9.26 Å². The summed E-state index contributed by atoms with van der Waals surface area (Å²) in [5.74, 6) is -3.07. The highest BCUT2D eigenvalue weighted by atomic mass is 35.5. The van der Waals surface area contributed by atoms with Gasteiger partial charge in [0.15, 0.2) is 0 Å². The zero-order valence-corrected chi connectivity index (χ0v) is 10.6. The van der Waals surface area contributed by atoms with Gasteiger partial charge in [-0.05, 0) is 18.2 Å². The standard InChI is InChI=1S/C12H9ClF2N2O2/c1-18-9-3-2-6(13)4-7(9)10-16-11(19-17-10)8-5-12(8,14)15/h2-4,8H,5H2,1H3. The molecule has 1 saturated carbocycles. The van der Waals surface area contributed by atoms with Crippen LogP contribution in [-0.4, -0.2) is 23.2 Å². The van der Waals surface area contributed by atoms with Gasteiger partial charge in [0, 0.05) is 11.4 Å². The first-order valence-corrected chi connectivity index (χ1v) is 5.94. The SMILES string of the molecule is COc1ccc(Cl)cc1-c1noc(C2CC2(F)F)n1. The molecular weight excluding hydrogens is 278 g/mol. The van der Waals surface area contributed by atoms with Gasteiger partial charge in [-0.25, -0.2) is 8.78 Å². The molecule has 100 valence electrons. The predicted molar refractivity (Wildman–Crippen MR) is 63.6 cm³/mol. The molecule has 1 aromatic heterocycles. The molecule has 1 fully saturated rings. The number of aromatic nitrogens is 2. The summed E-state index contributed by atoms with van der Waals surface area (Å²) in [6, 6.07) is 4.90. The average Bonchev–Trinajstić information content (AvgIpc) is 2.82. The molecular formula is C12H9ClF2N2O2. The molecule has 1 aliphatic rings. The molecule has 19 heavy (non-hydrogen) atoms. The number of methoxy groups -OCH3 is 1. The van der Waals surface area contributed by atoms with Crippen molar-refractivity contribution in [3.63, 3.8) is 0 Å². The summed E-state index contributed by atoms with van der Waals surface area (Å²) >= 11 is 5.89. The summed E-state index contributed by atoms with van der Waals surface area (Å²) < 4.78 is 35.9. The van der Waals surface area contributed by atoms with Gasteiger partial charge in [-0.1, -0.05) is 16.8 Å². The molecule has 2 aromatic rings. The molecule has 1 aromatic carbocycles. The van der Waals surface area contributed by atoms with E-state index in [1.54, 1.807) is 18.2 Å². The maximum atomic E-state index is 12.9. The minimum absolute atomic E-state index is 0.0537. The zero-order chi connectivity index (χ0) is 13.6. The molecule has 1 unspecified atom stereocenters. The van der Waals surface area contributed by atoms with E-state index in [1.165, 1.54) is 7.11 Å². The smallest absolute Gasteiger partial charge is 0.260 e. The second-order valence-corrected chi connectivity index (χ2v) is 4.76. The first kappa shape index (κ1) is 12.3. The van der Waals surface area contributed by atoms with Gasteiger partial charge in [0.25, 0.3) is 5.92 Å². The van der Waals surface area contributed by atoms with Crippen molar-refractivity contribution in [2.75, 3.05) is 7.11 Å². The van der Waals surface area contributed by atoms with Crippen LogP contribution in [0.5, 0.6) is 5.75 Å². The van der Waals surface area contributed by atoms with Crippen LogP contribution < -0.4 is 4.74 Å². The van der Waals surface area contributed by atoms with Crippen molar-refractivity contribution in [2.24, 2.45) is 0 Å². The number of benzene rings is 1. The Kier molecular flexibility index (Phi) is 2.70. The maximum Gasteiger partial charge on any atom is 0.260 e. The third-order valence-electron chi connectivity index (χ3n) is 2.97. The molecule has 0 bridgehead atoms. The van der Waals surface area contributed by atoms with E-state index in [9.17, 15) is 8.78 Å². The maximum absolute atomic E-state index is 12.9. The fourth-order valence-electron chi connectivity index (χ4n) is 1.82. The van der Waals surface area contributed by atoms with Gasteiger partial charge in [0.05, 0.1) is 12.7 Å². The highest BCUT2D eigenvalue weighted by Crippen LogP contribution is 2.55. The summed E-state index contributed by atoms with van der Waals surface area (Å²) in [6.45, 7) is 0. The molecule has 0 amide bonds.